The Kier molecular flexibility index (Phi) is 5.59. The molecule has 3 aromatic rings. The fourth-order valence-corrected chi connectivity index (χ4v) is 3.88. The van der Waals surface area contributed by atoms with Crippen LogP contribution in [0.2, 0.25) is 0 Å². The van der Waals surface area contributed by atoms with Crippen LogP contribution in [0.1, 0.15) is 5.69 Å². The molecular formula is C20H22N6OS. The first-order chi connectivity index (χ1) is 13.7. The van der Waals surface area contributed by atoms with Crippen LogP contribution in [-0.2, 0) is 11.2 Å². The summed E-state index contributed by atoms with van der Waals surface area (Å²) >= 11 is 1.51. The number of pyridine rings is 2. The molecule has 0 aliphatic carbocycles. The maximum atomic E-state index is 12.3. The van der Waals surface area contributed by atoms with Gasteiger partial charge < -0.3 is 15.1 Å². The Morgan fingerprint density at radius 1 is 1.18 bits per heavy atom. The monoisotopic (exact) mass is 394 g/mol. The molecule has 4 rings (SSSR count). The number of hydrogen-bond donors (Lipinski definition) is 1. The number of anilines is 2. The standard InChI is InChI=1S/C20H22N6OS/c1-25-7-9-26(10-8-25)17-4-5-18(22-13-17)24-19(27)11-16-14-28-20(23-16)15-3-2-6-21-12-15/h2-6,12-14H,7-11H2,1H3,(H,22,24,27). The summed E-state index contributed by atoms with van der Waals surface area (Å²) in [6, 6.07) is 7.70. The van der Waals surface area contributed by atoms with Crippen LogP contribution in [0, 0.1) is 0 Å². The van der Waals surface area contributed by atoms with E-state index in [1.807, 2.05) is 35.8 Å². The summed E-state index contributed by atoms with van der Waals surface area (Å²) in [4.78, 5) is 30.0. The quantitative estimate of drug-likeness (QED) is 0.717. The van der Waals surface area contributed by atoms with E-state index in [-0.39, 0.29) is 12.3 Å². The van der Waals surface area contributed by atoms with Gasteiger partial charge in [0, 0.05) is 49.5 Å². The average molecular weight is 395 g/mol. The highest BCUT2D eigenvalue weighted by molar-refractivity contribution is 7.13. The third-order valence-electron chi connectivity index (χ3n) is 4.69. The number of carbonyl (C=O) groups is 1. The van der Waals surface area contributed by atoms with Crippen molar-refractivity contribution in [1.29, 1.82) is 0 Å². The minimum absolute atomic E-state index is 0.122. The van der Waals surface area contributed by atoms with Crippen LogP contribution in [-0.4, -0.2) is 59.0 Å². The molecule has 3 aromatic heterocycles. The van der Waals surface area contributed by atoms with E-state index in [2.05, 4.69) is 37.1 Å². The van der Waals surface area contributed by atoms with Crippen molar-refractivity contribution in [2.45, 2.75) is 6.42 Å². The van der Waals surface area contributed by atoms with E-state index in [0.717, 1.165) is 48.1 Å². The molecule has 1 aliphatic rings. The van der Waals surface area contributed by atoms with Gasteiger partial charge in [0.25, 0.3) is 0 Å². The summed E-state index contributed by atoms with van der Waals surface area (Å²) in [5.74, 6) is 0.438. The van der Waals surface area contributed by atoms with Gasteiger partial charge in [0.1, 0.15) is 10.8 Å². The van der Waals surface area contributed by atoms with Crippen molar-refractivity contribution in [1.82, 2.24) is 19.9 Å². The van der Waals surface area contributed by atoms with Gasteiger partial charge in [0.2, 0.25) is 5.91 Å². The SMILES string of the molecule is CN1CCN(c2ccc(NC(=O)Cc3csc(-c4cccnc4)n3)nc2)CC1. The lowest BCUT2D eigenvalue weighted by molar-refractivity contribution is -0.115. The van der Waals surface area contributed by atoms with Gasteiger partial charge in [-0.2, -0.15) is 0 Å². The molecule has 144 valence electrons. The number of hydrogen-bond acceptors (Lipinski definition) is 7. The van der Waals surface area contributed by atoms with Crippen LogP contribution < -0.4 is 10.2 Å². The second-order valence-electron chi connectivity index (χ2n) is 6.80. The van der Waals surface area contributed by atoms with Crippen molar-refractivity contribution in [2.24, 2.45) is 0 Å². The Labute approximate surface area is 168 Å². The van der Waals surface area contributed by atoms with Crippen LogP contribution in [0.15, 0.2) is 48.2 Å². The number of aromatic nitrogens is 3. The Morgan fingerprint density at radius 3 is 2.75 bits per heavy atom. The van der Waals surface area contributed by atoms with Crippen LogP contribution in [0.4, 0.5) is 11.5 Å². The Hall–Kier alpha value is -2.84. The van der Waals surface area contributed by atoms with E-state index in [9.17, 15) is 4.79 Å². The molecule has 0 saturated carbocycles. The zero-order valence-electron chi connectivity index (χ0n) is 15.7. The molecule has 4 heterocycles. The number of piperazine rings is 1. The van der Waals surface area contributed by atoms with Crippen molar-refractivity contribution in [3.8, 4) is 10.6 Å². The lowest BCUT2D eigenvalue weighted by Gasteiger charge is -2.33. The lowest BCUT2D eigenvalue weighted by atomic mass is 10.2. The summed E-state index contributed by atoms with van der Waals surface area (Å²) in [6.07, 6.45) is 5.55. The van der Waals surface area contributed by atoms with E-state index >= 15 is 0 Å². The highest BCUT2D eigenvalue weighted by atomic mass is 32.1. The molecule has 1 saturated heterocycles. The first kappa shape index (κ1) is 18.5. The van der Waals surface area contributed by atoms with Gasteiger partial charge in [-0.1, -0.05) is 0 Å². The van der Waals surface area contributed by atoms with Crippen molar-refractivity contribution in [3.05, 3.63) is 53.9 Å². The number of thiazole rings is 1. The predicted molar refractivity (Wildman–Crippen MR) is 112 cm³/mol. The largest absolute Gasteiger partial charge is 0.368 e. The summed E-state index contributed by atoms with van der Waals surface area (Å²) in [5.41, 5.74) is 2.79. The fourth-order valence-electron chi connectivity index (χ4n) is 3.07. The molecule has 8 heteroatoms. The van der Waals surface area contributed by atoms with Gasteiger partial charge in [0.05, 0.1) is 24.0 Å². The third kappa shape index (κ3) is 4.52. The zero-order chi connectivity index (χ0) is 19.3. The molecule has 0 unspecified atom stereocenters. The third-order valence-corrected chi connectivity index (χ3v) is 5.63. The first-order valence-corrected chi connectivity index (χ1v) is 10.1. The topological polar surface area (TPSA) is 74.2 Å². The van der Waals surface area contributed by atoms with E-state index < -0.39 is 0 Å². The summed E-state index contributed by atoms with van der Waals surface area (Å²) in [5, 5.41) is 5.63. The maximum Gasteiger partial charge on any atom is 0.231 e. The van der Waals surface area contributed by atoms with Gasteiger partial charge >= 0.3 is 0 Å². The second kappa shape index (κ2) is 8.45. The Balaban J connectivity index is 1.33. The molecule has 0 atom stereocenters. The molecule has 1 aliphatic heterocycles. The van der Waals surface area contributed by atoms with Crippen molar-refractivity contribution < 1.29 is 4.79 Å². The van der Waals surface area contributed by atoms with E-state index in [0.29, 0.717) is 5.82 Å². The number of likely N-dealkylation sites (N-methyl/N-ethyl adjacent to an activating group) is 1. The van der Waals surface area contributed by atoms with Crippen molar-refractivity contribution >= 4 is 28.7 Å². The highest BCUT2D eigenvalue weighted by Crippen LogP contribution is 2.23. The second-order valence-corrected chi connectivity index (χ2v) is 7.66. The molecule has 28 heavy (non-hydrogen) atoms. The molecule has 0 spiro atoms. The summed E-state index contributed by atoms with van der Waals surface area (Å²) in [7, 11) is 2.14. The number of amides is 1. The van der Waals surface area contributed by atoms with Crippen LogP contribution in [0.5, 0.6) is 0 Å². The summed E-state index contributed by atoms with van der Waals surface area (Å²) < 4.78 is 0. The number of nitrogens with zero attached hydrogens (tertiary/aromatic N) is 5. The fraction of sp³-hybridized carbons (Fsp3) is 0.300. The maximum absolute atomic E-state index is 12.3. The minimum Gasteiger partial charge on any atom is -0.368 e. The van der Waals surface area contributed by atoms with E-state index in [1.54, 1.807) is 12.4 Å². The molecule has 1 fully saturated rings. The van der Waals surface area contributed by atoms with Gasteiger partial charge in [-0.25, -0.2) is 9.97 Å². The molecule has 0 bridgehead atoms. The number of rotatable bonds is 5. The van der Waals surface area contributed by atoms with Gasteiger partial charge in [-0.3, -0.25) is 9.78 Å². The Bertz CT molecular complexity index is 919. The number of nitrogens with one attached hydrogen (secondary N) is 1. The normalized spacial score (nSPS) is 14.8. The van der Waals surface area contributed by atoms with Gasteiger partial charge in [-0.15, -0.1) is 11.3 Å². The smallest absolute Gasteiger partial charge is 0.231 e. The first-order valence-electron chi connectivity index (χ1n) is 9.21. The predicted octanol–water partition coefficient (Wildman–Crippen LogP) is 2.53. The molecule has 0 aromatic carbocycles. The summed E-state index contributed by atoms with van der Waals surface area (Å²) in [6.45, 7) is 4.08. The van der Waals surface area contributed by atoms with Gasteiger partial charge in [-0.05, 0) is 31.3 Å². The highest BCUT2D eigenvalue weighted by Gasteiger charge is 2.15. The van der Waals surface area contributed by atoms with Crippen LogP contribution in [0.25, 0.3) is 10.6 Å². The van der Waals surface area contributed by atoms with E-state index in [4.69, 9.17) is 0 Å². The van der Waals surface area contributed by atoms with Crippen molar-refractivity contribution in [2.75, 3.05) is 43.4 Å². The molecular weight excluding hydrogens is 372 g/mol. The Morgan fingerprint density at radius 2 is 2.04 bits per heavy atom. The zero-order valence-corrected chi connectivity index (χ0v) is 16.5. The average Bonchev–Trinajstić information content (AvgIpc) is 3.18. The molecule has 0 radical (unpaired) electrons. The van der Waals surface area contributed by atoms with Crippen molar-refractivity contribution in [3.63, 3.8) is 0 Å². The van der Waals surface area contributed by atoms with Gasteiger partial charge in [0.15, 0.2) is 0 Å². The van der Waals surface area contributed by atoms with Crippen LogP contribution >= 0.6 is 11.3 Å². The molecule has 7 nitrogen and oxygen atoms in total. The van der Waals surface area contributed by atoms with E-state index in [1.165, 1.54) is 11.3 Å². The number of carbonyl (C=O) groups excluding carboxylic acids is 1. The molecule has 1 amide bonds. The minimum atomic E-state index is -0.122. The van der Waals surface area contributed by atoms with Crippen LogP contribution in [0.3, 0.4) is 0 Å². The lowest BCUT2D eigenvalue weighted by Crippen LogP contribution is -2.44. The molecule has 1 N–H and O–H groups in total.